The molecule has 2 aromatic rings. The Morgan fingerprint density at radius 1 is 1.33 bits per heavy atom. The molecule has 1 saturated carbocycles. The van der Waals surface area contributed by atoms with Crippen molar-refractivity contribution in [1.82, 2.24) is 4.90 Å². The van der Waals surface area contributed by atoms with E-state index in [4.69, 9.17) is 10.2 Å². The first kappa shape index (κ1) is 14.4. The fourth-order valence-electron chi connectivity index (χ4n) is 2.83. The highest BCUT2D eigenvalue weighted by molar-refractivity contribution is 7.09. The van der Waals surface area contributed by atoms with E-state index in [0.29, 0.717) is 19.6 Å². The first-order valence-electron chi connectivity index (χ1n) is 7.28. The van der Waals surface area contributed by atoms with Gasteiger partial charge in [-0.25, -0.2) is 0 Å². The summed E-state index contributed by atoms with van der Waals surface area (Å²) in [5.74, 6) is 0.979. The first-order chi connectivity index (χ1) is 10.2. The van der Waals surface area contributed by atoms with Gasteiger partial charge in [-0.15, -0.1) is 11.3 Å². The van der Waals surface area contributed by atoms with Crippen molar-refractivity contribution in [3.63, 3.8) is 0 Å². The van der Waals surface area contributed by atoms with Crippen LogP contribution in [0, 0.1) is 5.41 Å². The fourth-order valence-corrected chi connectivity index (χ4v) is 3.54. The summed E-state index contributed by atoms with van der Waals surface area (Å²) < 4.78 is 5.41. The van der Waals surface area contributed by atoms with Gasteiger partial charge in [-0.3, -0.25) is 4.79 Å². The van der Waals surface area contributed by atoms with Crippen molar-refractivity contribution >= 4 is 17.2 Å². The van der Waals surface area contributed by atoms with Gasteiger partial charge in [0.25, 0.3) is 0 Å². The molecule has 0 saturated heterocycles. The third-order valence-corrected chi connectivity index (χ3v) is 5.16. The smallest absolute Gasteiger partial charge is 0.230 e. The highest BCUT2D eigenvalue weighted by Crippen LogP contribution is 2.42. The molecule has 0 radical (unpaired) electrons. The minimum Gasteiger partial charge on any atom is -0.467 e. The van der Waals surface area contributed by atoms with E-state index in [1.165, 1.54) is 4.88 Å². The predicted molar refractivity (Wildman–Crippen MR) is 82.6 cm³/mol. The maximum Gasteiger partial charge on any atom is 0.230 e. The lowest BCUT2D eigenvalue weighted by molar-refractivity contribution is -0.148. The third-order valence-electron chi connectivity index (χ3n) is 4.30. The molecule has 0 bridgehead atoms. The van der Waals surface area contributed by atoms with Gasteiger partial charge in [-0.05, 0) is 36.4 Å². The highest BCUT2D eigenvalue weighted by atomic mass is 32.1. The summed E-state index contributed by atoms with van der Waals surface area (Å²) >= 11 is 1.67. The molecule has 2 heterocycles. The van der Waals surface area contributed by atoms with Crippen molar-refractivity contribution in [3.8, 4) is 0 Å². The molecule has 4 nitrogen and oxygen atoms in total. The zero-order valence-corrected chi connectivity index (χ0v) is 12.8. The van der Waals surface area contributed by atoms with Crippen LogP contribution in [-0.2, 0) is 17.9 Å². The van der Waals surface area contributed by atoms with Gasteiger partial charge in [-0.2, -0.15) is 0 Å². The number of nitrogens with two attached hydrogens (primary N) is 1. The van der Waals surface area contributed by atoms with Gasteiger partial charge in [-0.1, -0.05) is 12.5 Å². The van der Waals surface area contributed by atoms with Gasteiger partial charge in [0, 0.05) is 11.4 Å². The number of furan rings is 1. The number of nitrogens with zero attached hydrogens (tertiary/aromatic N) is 1. The summed E-state index contributed by atoms with van der Waals surface area (Å²) in [6.45, 7) is 1.56. The van der Waals surface area contributed by atoms with Crippen LogP contribution in [0.25, 0.3) is 0 Å². The summed E-state index contributed by atoms with van der Waals surface area (Å²) in [6.07, 6.45) is 4.55. The second-order valence-corrected chi connectivity index (χ2v) is 6.69. The van der Waals surface area contributed by atoms with E-state index < -0.39 is 0 Å². The van der Waals surface area contributed by atoms with Crippen LogP contribution in [0.1, 0.15) is 29.9 Å². The first-order valence-corrected chi connectivity index (χ1v) is 8.16. The van der Waals surface area contributed by atoms with E-state index >= 15 is 0 Å². The normalized spacial score (nSPS) is 16.4. The molecule has 112 valence electrons. The number of thiophene rings is 1. The summed E-state index contributed by atoms with van der Waals surface area (Å²) in [5, 5.41) is 2.03. The van der Waals surface area contributed by atoms with E-state index in [2.05, 4.69) is 6.07 Å². The average molecular weight is 304 g/mol. The van der Waals surface area contributed by atoms with Gasteiger partial charge in [0.2, 0.25) is 5.91 Å². The van der Waals surface area contributed by atoms with E-state index in [0.717, 1.165) is 25.0 Å². The minimum atomic E-state index is -0.343. The van der Waals surface area contributed by atoms with Crippen molar-refractivity contribution in [1.29, 1.82) is 0 Å². The second-order valence-electron chi connectivity index (χ2n) is 5.66. The molecular weight excluding hydrogens is 284 g/mol. The average Bonchev–Trinajstić information content (AvgIpc) is 3.10. The van der Waals surface area contributed by atoms with Crippen molar-refractivity contribution in [2.45, 2.75) is 32.4 Å². The van der Waals surface area contributed by atoms with E-state index in [9.17, 15) is 4.79 Å². The monoisotopic (exact) mass is 304 g/mol. The molecule has 21 heavy (non-hydrogen) atoms. The SMILES string of the molecule is NCC1(C(=O)N(Cc2ccco2)Cc2cccs2)CCC1. The van der Waals surface area contributed by atoms with Crippen molar-refractivity contribution in [2.24, 2.45) is 11.1 Å². The Balaban J connectivity index is 1.79. The summed E-state index contributed by atoms with van der Waals surface area (Å²) in [4.78, 5) is 16.0. The zero-order valence-electron chi connectivity index (χ0n) is 12.0. The Labute approximate surface area is 128 Å². The lowest BCUT2D eigenvalue weighted by atomic mass is 9.68. The number of rotatable bonds is 6. The predicted octanol–water partition coefficient (Wildman–Crippen LogP) is 3.00. The van der Waals surface area contributed by atoms with Crippen LogP contribution in [0.4, 0.5) is 0 Å². The van der Waals surface area contributed by atoms with Crippen molar-refractivity contribution < 1.29 is 9.21 Å². The lowest BCUT2D eigenvalue weighted by Crippen LogP contribution is -2.51. The van der Waals surface area contributed by atoms with Crippen molar-refractivity contribution in [2.75, 3.05) is 6.54 Å². The number of carbonyl (C=O) groups is 1. The Bertz CT molecular complexity index is 532. The molecule has 3 rings (SSSR count). The van der Waals surface area contributed by atoms with Crippen LogP contribution in [0.5, 0.6) is 0 Å². The standard InChI is InChI=1S/C16H20N2O2S/c17-12-16(6-3-7-16)15(19)18(10-13-4-1-8-20-13)11-14-5-2-9-21-14/h1-2,4-5,8-9H,3,6-7,10-12,17H2. The molecule has 0 aromatic carbocycles. The summed E-state index contributed by atoms with van der Waals surface area (Å²) in [5.41, 5.74) is 5.54. The number of hydrogen-bond donors (Lipinski definition) is 1. The minimum absolute atomic E-state index is 0.168. The van der Waals surface area contributed by atoms with Gasteiger partial charge >= 0.3 is 0 Å². The Morgan fingerprint density at radius 2 is 2.19 bits per heavy atom. The third kappa shape index (κ3) is 2.89. The maximum absolute atomic E-state index is 12.9. The van der Waals surface area contributed by atoms with Gasteiger partial charge in [0.1, 0.15) is 5.76 Å². The summed E-state index contributed by atoms with van der Waals surface area (Å²) in [7, 11) is 0. The number of amides is 1. The molecule has 0 spiro atoms. The molecule has 1 amide bonds. The molecule has 0 atom stereocenters. The van der Waals surface area contributed by atoms with E-state index in [1.807, 2.05) is 28.5 Å². The van der Waals surface area contributed by atoms with Crippen LogP contribution < -0.4 is 5.73 Å². The number of hydrogen-bond acceptors (Lipinski definition) is 4. The maximum atomic E-state index is 12.9. The van der Waals surface area contributed by atoms with Crippen LogP contribution in [0.2, 0.25) is 0 Å². The molecule has 2 aromatic heterocycles. The van der Waals surface area contributed by atoms with Crippen molar-refractivity contribution in [3.05, 3.63) is 46.5 Å². The highest BCUT2D eigenvalue weighted by Gasteiger charge is 2.45. The quantitative estimate of drug-likeness (QED) is 0.892. The summed E-state index contributed by atoms with van der Waals surface area (Å²) in [6, 6.07) is 7.83. The lowest BCUT2D eigenvalue weighted by Gasteiger charge is -2.42. The van der Waals surface area contributed by atoms with Gasteiger partial charge < -0.3 is 15.1 Å². The van der Waals surface area contributed by atoms with Crippen LogP contribution >= 0.6 is 11.3 Å². The zero-order chi connectivity index (χ0) is 14.7. The molecule has 1 fully saturated rings. The van der Waals surface area contributed by atoms with Gasteiger partial charge in [0.15, 0.2) is 0 Å². The van der Waals surface area contributed by atoms with E-state index in [1.54, 1.807) is 17.6 Å². The second kappa shape index (κ2) is 6.03. The fraction of sp³-hybridized carbons (Fsp3) is 0.438. The molecule has 2 N–H and O–H groups in total. The number of carbonyl (C=O) groups excluding carboxylic acids is 1. The van der Waals surface area contributed by atoms with Crippen LogP contribution in [-0.4, -0.2) is 17.4 Å². The molecule has 1 aliphatic rings. The van der Waals surface area contributed by atoms with Gasteiger partial charge in [0.05, 0.1) is 24.8 Å². The Hall–Kier alpha value is -1.59. The van der Waals surface area contributed by atoms with Crippen LogP contribution in [0.15, 0.2) is 40.3 Å². The van der Waals surface area contributed by atoms with E-state index in [-0.39, 0.29) is 11.3 Å². The Kier molecular flexibility index (Phi) is 4.12. The molecule has 0 unspecified atom stereocenters. The molecule has 0 aliphatic heterocycles. The molecule has 5 heteroatoms. The van der Waals surface area contributed by atoms with Crippen LogP contribution in [0.3, 0.4) is 0 Å². The largest absolute Gasteiger partial charge is 0.467 e. The molecular formula is C16H20N2O2S. The molecule has 1 aliphatic carbocycles. The Morgan fingerprint density at radius 3 is 2.71 bits per heavy atom. The topological polar surface area (TPSA) is 59.5 Å².